The van der Waals surface area contributed by atoms with Gasteiger partial charge >= 0.3 is 0 Å². The van der Waals surface area contributed by atoms with Crippen molar-refractivity contribution in [3.05, 3.63) is 76.6 Å². The van der Waals surface area contributed by atoms with Crippen LogP contribution < -0.4 is 5.32 Å². The van der Waals surface area contributed by atoms with Crippen molar-refractivity contribution < 1.29 is 0 Å². The number of halogens is 1. The van der Waals surface area contributed by atoms with E-state index in [4.69, 9.17) is 21.8 Å². The molecule has 1 N–H and O–H groups in total. The Bertz CT molecular complexity index is 1210. The van der Waals surface area contributed by atoms with E-state index in [0.717, 1.165) is 69.3 Å². The number of allylic oxidation sites excluding steroid dienone is 2. The predicted octanol–water partition coefficient (Wildman–Crippen LogP) is 5.85. The number of rotatable bonds is 3. The van der Waals surface area contributed by atoms with Gasteiger partial charge in [-0.25, -0.2) is 4.98 Å². The zero-order valence-electron chi connectivity index (χ0n) is 16.7. The number of nitrogens with one attached hydrogen (secondary N) is 1. The molecule has 30 heavy (non-hydrogen) atoms. The maximum atomic E-state index is 9.09. The number of hydrogen-bond donors (Lipinski definition) is 1. The number of anilines is 1. The lowest BCUT2D eigenvalue weighted by Crippen LogP contribution is -2.25. The van der Waals surface area contributed by atoms with Crippen LogP contribution in [0.5, 0.6) is 0 Å². The summed E-state index contributed by atoms with van der Waals surface area (Å²) in [6.07, 6.45) is 10.5. The first-order valence-corrected chi connectivity index (χ1v) is 10.5. The van der Waals surface area contributed by atoms with Gasteiger partial charge in [-0.05, 0) is 48.6 Å². The second-order valence-electron chi connectivity index (χ2n) is 8.08. The van der Waals surface area contributed by atoms with Gasteiger partial charge in [-0.1, -0.05) is 42.0 Å². The highest BCUT2D eigenvalue weighted by atomic mass is 35.5. The summed E-state index contributed by atoms with van der Waals surface area (Å²) in [4.78, 5) is 9.29. The van der Waals surface area contributed by atoms with E-state index in [0.29, 0.717) is 6.42 Å². The Kier molecular flexibility index (Phi) is 4.56. The second kappa shape index (κ2) is 7.27. The molecule has 5 heteroatoms. The van der Waals surface area contributed by atoms with Crippen LogP contribution >= 0.6 is 11.6 Å². The third-order valence-corrected chi connectivity index (χ3v) is 6.75. The summed E-state index contributed by atoms with van der Waals surface area (Å²) in [7, 11) is 0. The normalized spacial score (nSPS) is 15.8. The summed E-state index contributed by atoms with van der Waals surface area (Å²) >= 11 is 6.99. The Hall–Kier alpha value is -3.16. The van der Waals surface area contributed by atoms with E-state index in [9.17, 15) is 0 Å². The van der Waals surface area contributed by atoms with Gasteiger partial charge in [0, 0.05) is 41.0 Å². The smallest absolute Gasteiger partial charge is 0.131 e. The monoisotopic (exact) mass is 412 g/mol. The Morgan fingerprint density at radius 2 is 1.97 bits per heavy atom. The standard InChI is InChI=1S/C25H21ClN4/c1-16-17(7-11-27)8-12-28-23(16)19-6-4-5-18(13-19)20-14-29-24-21(22(20)26)25(15-30-24)9-2-3-10-25/h2-6,8,12-14H,7,9-10,15H2,1H3,(H,29,30). The molecular weight excluding hydrogens is 392 g/mol. The van der Waals surface area contributed by atoms with Crippen molar-refractivity contribution >= 4 is 17.4 Å². The van der Waals surface area contributed by atoms with E-state index >= 15 is 0 Å². The van der Waals surface area contributed by atoms with Gasteiger partial charge in [0.05, 0.1) is 23.2 Å². The predicted molar refractivity (Wildman–Crippen MR) is 121 cm³/mol. The highest BCUT2D eigenvalue weighted by Crippen LogP contribution is 2.50. The van der Waals surface area contributed by atoms with Crippen molar-refractivity contribution in [3.63, 3.8) is 0 Å². The molecule has 3 heterocycles. The number of fused-ring (bicyclic) bond motifs is 2. The fraction of sp³-hybridized carbons (Fsp3) is 0.240. The molecule has 1 aliphatic carbocycles. The molecule has 0 amide bonds. The number of nitrogens with zero attached hydrogens (tertiary/aromatic N) is 3. The van der Waals surface area contributed by atoms with Crippen LogP contribution in [0, 0.1) is 18.3 Å². The Morgan fingerprint density at radius 1 is 1.17 bits per heavy atom. The van der Waals surface area contributed by atoms with Gasteiger partial charge in [-0.2, -0.15) is 5.26 Å². The molecule has 5 rings (SSSR count). The number of pyridine rings is 2. The third-order valence-electron chi connectivity index (χ3n) is 6.36. The molecule has 0 unspecified atom stereocenters. The first-order valence-electron chi connectivity index (χ1n) is 10.1. The molecule has 1 aliphatic heterocycles. The van der Waals surface area contributed by atoms with Crippen molar-refractivity contribution in [2.24, 2.45) is 0 Å². The van der Waals surface area contributed by atoms with Gasteiger partial charge in [0.2, 0.25) is 0 Å². The highest BCUT2D eigenvalue weighted by Gasteiger charge is 2.42. The molecule has 2 aliphatic rings. The molecule has 2 aromatic heterocycles. The minimum absolute atomic E-state index is 0.0246. The maximum Gasteiger partial charge on any atom is 0.131 e. The summed E-state index contributed by atoms with van der Waals surface area (Å²) in [6, 6.07) is 12.4. The van der Waals surface area contributed by atoms with Crippen LogP contribution in [0.4, 0.5) is 5.82 Å². The molecular formula is C25H21ClN4. The van der Waals surface area contributed by atoms with E-state index in [-0.39, 0.29) is 5.41 Å². The van der Waals surface area contributed by atoms with Crippen LogP contribution in [0.3, 0.4) is 0 Å². The lowest BCUT2D eigenvalue weighted by Gasteiger charge is -2.24. The zero-order chi connectivity index (χ0) is 20.7. The first-order chi connectivity index (χ1) is 14.6. The fourth-order valence-corrected chi connectivity index (χ4v) is 5.12. The first kappa shape index (κ1) is 18.8. The Balaban J connectivity index is 1.60. The van der Waals surface area contributed by atoms with E-state index < -0.39 is 0 Å². The Morgan fingerprint density at radius 3 is 2.77 bits per heavy atom. The van der Waals surface area contributed by atoms with Gasteiger partial charge in [-0.3, -0.25) is 4.98 Å². The minimum Gasteiger partial charge on any atom is -0.369 e. The Labute approximate surface area is 181 Å². The molecule has 0 saturated carbocycles. The molecule has 148 valence electrons. The fourth-order valence-electron chi connectivity index (χ4n) is 4.68. The summed E-state index contributed by atoms with van der Waals surface area (Å²) < 4.78 is 0. The van der Waals surface area contributed by atoms with Crippen molar-refractivity contribution in [1.82, 2.24) is 9.97 Å². The number of aromatic nitrogens is 2. The van der Waals surface area contributed by atoms with Crippen LogP contribution in [0.25, 0.3) is 22.4 Å². The van der Waals surface area contributed by atoms with Crippen molar-refractivity contribution in [3.8, 4) is 28.5 Å². The van der Waals surface area contributed by atoms with Gasteiger partial charge in [0.15, 0.2) is 0 Å². The van der Waals surface area contributed by atoms with Crippen molar-refractivity contribution in [2.75, 3.05) is 11.9 Å². The molecule has 1 spiro atoms. The molecule has 0 radical (unpaired) electrons. The molecule has 4 nitrogen and oxygen atoms in total. The van der Waals surface area contributed by atoms with Gasteiger partial charge in [-0.15, -0.1) is 0 Å². The van der Waals surface area contributed by atoms with Crippen LogP contribution in [0.1, 0.15) is 29.5 Å². The van der Waals surface area contributed by atoms with Gasteiger partial charge < -0.3 is 5.32 Å². The summed E-state index contributed by atoms with van der Waals surface area (Å²) in [5.41, 5.74) is 7.08. The van der Waals surface area contributed by atoms with E-state index in [2.05, 4.69) is 40.7 Å². The molecule has 1 aromatic carbocycles. The summed E-state index contributed by atoms with van der Waals surface area (Å²) in [5.74, 6) is 0.908. The van der Waals surface area contributed by atoms with Crippen molar-refractivity contribution in [2.45, 2.75) is 31.6 Å². The van der Waals surface area contributed by atoms with E-state index in [1.807, 2.05) is 31.3 Å². The molecule has 0 saturated heterocycles. The molecule has 0 fully saturated rings. The SMILES string of the molecule is Cc1c(CC#N)ccnc1-c1cccc(-c2cnc3c(c2Cl)C2(CC=CC2)CN3)c1. The van der Waals surface area contributed by atoms with Crippen LogP contribution in [0.15, 0.2) is 54.9 Å². The quantitative estimate of drug-likeness (QED) is 0.548. The van der Waals surface area contributed by atoms with Crippen molar-refractivity contribution in [1.29, 1.82) is 5.26 Å². The minimum atomic E-state index is 0.0246. The van der Waals surface area contributed by atoms with Gasteiger partial charge in [0.1, 0.15) is 5.82 Å². The average Bonchev–Trinajstić information content (AvgIpc) is 3.38. The average molecular weight is 413 g/mol. The van der Waals surface area contributed by atoms with Crippen LogP contribution in [-0.2, 0) is 11.8 Å². The lowest BCUT2D eigenvalue weighted by molar-refractivity contribution is 0.509. The molecule has 0 atom stereocenters. The topological polar surface area (TPSA) is 61.6 Å². The molecule has 0 bridgehead atoms. The number of benzene rings is 1. The van der Waals surface area contributed by atoms with Crippen LogP contribution in [-0.4, -0.2) is 16.5 Å². The van der Waals surface area contributed by atoms with Crippen LogP contribution in [0.2, 0.25) is 5.02 Å². The zero-order valence-corrected chi connectivity index (χ0v) is 17.5. The lowest BCUT2D eigenvalue weighted by atomic mass is 9.80. The maximum absolute atomic E-state index is 9.09. The summed E-state index contributed by atoms with van der Waals surface area (Å²) in [5, 5.41) is 13.3. The third kappa shape index (κ3) is 2.89. The molecule has 3 aromatic rings. The van der Waals surface area contributed by atoms with E-state index in [1.54, 1.807) is 6.20 Å². The summed E-state index contributed by atoms with van der Waals surface area (Å²) in [6.45, 7) is 2.90. The highest BCUT2D eigenvalue weighted by molar-refractivity contribution is 6.34. The van der Waals surface area contributed by atoms with E-state index in [1.165, 1.54) is 0 Å². The largest absolute Gasteiger partial charge is 0.369 e. The van der Waals surface area contributed by atoms with Gasteiger partial charge in [0.25, 0.3) is 0 Å². The number of hydrogen-bond acceptors (Lipinski definition) is 4. The second-order valence-corrected chi connectivity index (χ2v) is 8.46. The number of nitriles is 1.